The van der Waals surface area contributed by atoms with Crippen LogP contribution in [0.25, 0.3) is 0 Å². The molecular weight excluding hydrogens is 234 g/mol. The number of aliphatic hydroxyl groups excluding tert-OH is 1. The Morgan fingerprint density at radius 2 is 2.28 bits per heavy atom. The monoisotopic (exact) mass is 253 g/mol. The van der Waals surface area contributed by atoms with Gasteiger partial charge in [0.25, 0.3) is 0 Å². The van der Waals surface area contributed by atoms with Crippen LogP contribution in [0.5, 0.6) is 0 Å². The molecule has 0 spiro atoms. The van der Waals surface area contributed by atoms with E-state index >= 15 is 0 Å². The number of aliphatic hydroxyl groups is 1. The van der Waals surface area contributed by atoms with Gasteiger partial charge in [0.15, 0.2) is 0 Å². The fourth-order valence-corrected chi connectivity index (χ4v) is 2.52. The second-order valence-corrected chi connectivity index (χ2v) is 4.70. The molecule has 2 heterocycles. The summed E-state index contributed by atoms with van der Waals surface area (Å²) in [5.41, 5.74) is 0. The first kappa shape index (κ1) is 13.1. The number of likely N-dealkylation sites (tertiary alicyclic amines) is 1. The van der Waals surface area contributed by atoms with Gasteiger partial charge in [0.05, 0.1) is 6.54 Å². The third-order valence-corrected chi connectivity index (χ3v) is 3.44. The molecule has 1 aromatic heterocycles. The summed E-state index contributed by atoms with van der Waals surface area (Å²) in [6, 6.07) is 3.58. The second kappa shape index (κ2) is 6.02. The summed E-state index contributed by atoms with van der Waals surface area (Å²) >= 11 is 0. The van der Waals surface area contributed by atoms with Crippen LogP contribution in [-0.4, -0.2) is 40.3 Å². The lowest BCUT2D eigenvalue weighted by molar-refractivity contribution is 0.0653. The Hall–Kier alpha value is -1.33. The molecule has 1 fully saturated rings. The Labute approximate surface area is 106 Å². The van der Waals surface area contributed by atoms with Crippen molar-refractivity contribution >= 4 is 5.97 Å². The fourth-order valence-electron chi connectivity index (χ4n) is 2.52. The lowest BCUT2D eigenvalue weighted by Gasteiger charge is -2.34. The van der Waals surface area contributed by atoms with Crippen LogP contribution in [0.1, 0.15) is 42.0 Å². The van der Waals surface area contributed by atoms with E-state index in [9.17, 15) is 4.79 Å². The van der Waals surface area contributed by atoms with Crippen LogP contribution >= 0.6 is 0 Å². The fraction of sp³-hybridized carbons (Fsp3) is 0.615. The van der Waals surface area contributed by atoms with Crippen LogP contribution in [0.4, 0.5) is 0 Å². The topological polar surface area (TPSA) is 73.9 Å². The quantitative estimate of drug-likeness (QED) is 0.835. The third kappa shape index (κ3) is 3.11. The number of carbonyl (C=O) groups is 1. The van der Waals surface area contributed by atoms with Gasteiger partial charge < -0.3 is 14.6 Å². The van der Waals surface area contributed by atoms with E-state index in [0.717, 1.165) is 25.8 Å². The molecule has 0 amide bonds. The minimum absolute atomic E-state index is 0.0132. The summed E-state index contributed by atoms with van der Waals surface area (Å²) in [4.78, 5) is 13.0. The summed E-state index contributed by atoms with van der Waals surface area (Å²) < 4.78 is 5.27. The molecule has 0 aromatic carbocycles. The van der Waals surface area contributed by atoms with Crippen molar-refractivity contribution in [3.05, 3.63) is 23.7 Å². The van der Waals surface area contributed by atoms with E-state index in [-0.39, 0.29) is 12.4 Å². The molecule has 0 aliphatic carbocycles. The summed E-state index contributed by atoms with van der Waals surface area (Å²) in [6.07, 6.45) is 4.20. The van der Waals surface area contributed by atoms with Gasteiger partial charge in [-0.1, -0.05) is 6.42 Å². The number of aromatic carboxylic acids is 1. The van der Waals surface area contributed by atoms with Gasteiger partial charge in [-0.25, -0.2) is 4.79 Å². The lowest BCUT2D eigenvalue weighted by atomic mass is 9.99. The summed E-state index contributed by atoms with van der Waals surface area (Å²) in [5.74, 6) is -0.371. The third-order valence-electron chi connectivity index (χ3n) is 3.44. The molecule has 100 valence electrons. The van der Waals surface area contributed by atoms with Crippen LogP contribution in [0.2, 0.25) is 0 Å². The Kier molecular flexibility index (Phi) is 4.38. The molecule has 2 N–H and O–H groups in total. The summed E-state index contributed by atoms with van der Waals surface area (Å²) in [6.45, 7) is 1.80. The molecule has 5 nitrogen and oxygen atoms in total. The molecule has 5 heteroatoms. The highest BCUT2D eigenvalue weighted by Crippen LogP contribution is 2.22. The van der Waals surface area contributed by atoms with Crippen molar-refractivity contribution in [2.45, 2.75) is 38.3 Å². The van der Waals surface area contributed by atoms with E-state index in [1.807, 2.05) is 0 Å². The first-order valence-corrected chi connectivity index (χ1v) is 6.37. The Morgan fingerprint density at radius 1 is 1.44 bits per heavy atom. The molecule has 1 aromatic rings. The van der Waals surface area contributed by atoms with Crippen LogP contribution in [0.15, 0.2) is 16.5 Å². The maximum Gasteiger partial charge on any atom is 0.371 e. The predicted molar refractivity (Wildman–Crippen MR) is 65.4 cm³/mol. The van der Waals surface area contributed by atoms with Gasteiger partial charge in [0, 0.05) is 12.6 Å². The summed E-state index contributed by atoms with van der Waals surface area (Å²) in [5, 5.41) is 17.9. The van der Waals surface area contributed by atoms with E-state index in [4.69, 9.17) is 14.6 Å². The lowest BCUT2D eigenvalue weighted by Crippen LogP contribution is -2.39. The van der Waals surface area contributed by atoms with Crippen molar-refractivity contribution in [2.75, 3.05) is 13.2 Å². The molecular formula is C13H19NO4. The van der Waals surface area contributed by atoms with Gasteiger partial charge >= 0.3 is 5.97 Å². The van der Waals surface area contributed by atoms with Crippen molar-refractivity contribution in [2.24, 2.45) is 0 Å². The SMILES string of the molecule is O=C(O)c1ccc(CN2CCCC[C@H]2CCO)o1. The number of hydrogen-bond acceptors (Lipinski definition) is 4. The summed E-state index contributed by atoms with van der Waals surface area (Å²) in [7, 11) is 0. The van der Waals surface area contributed by atoms with Crippen molar-refractivity contribution in [3.8, 4) is 0 Å². The van der Waals surface area contributed by atoms with Crippen molar-refractivity contribution in [3.63, 3.8) is 0 Å². The Morgan fingerprint density at radius 3 is 2.94 bits per heavy atom. The number of nitrogens with zero attached hydrogens (tertiary/aromatic N) is 1. The molecule has 1 saturated heterocycles. The normalized spacial score (nSPS) is 21.1. The van der Waals surface area contributed by atoms with Crippen LogP contribution in [-0.2, 0) is 6.54 Å². The van der Waals surface area contributed by atoms with Crippen molar-refractivity contribution in [1.29, 1.82) is 0 Å². The molecule has 18 heavy (non-hydrogen) atoms. The molecule has 0 bridgehead atoms. The zero-order valence-corrected chi connectivity index (χ0v) is 10.3. The zero-order valence-electron chi connectivity index (χ0n) is 10.3. The maximum absolute atomic E-state index is 10.7. The Bertz CT molecular complexity index is 399. The highest BCUT2D eigenvalue weighted by molar-refractivity contribution is 5.84. The van der Waals surface area contributed by atoms with E-state index in [1.165, 1.54) is 12.5 Å². The Balaban J connectivity index is 1.99. The first-order valence-electron chi connectivity index (χ1n) is 6.37. The largest absolute Gasteiger partial charge is 0.475 e. The average molecular weight is 253 g/mol. The zero-order chi connectivity index (χ0) is 13.0. The molecule has 1 aliphatic rings. The van der Waals surface area contributed by atoms with E-state index in [0.29, 0.717) is 18.3 Å². The molecule has 2 rings (SSSR count). The highest BCUT2D eigenvalue weighted by atomic mass is 16.4. The average Bonchev–Trinajstić information content (AvgIpc) is 2.81. The van der Waals surface area contributed by atoms with Crippen molar-refractivity contribution < 1.29 is 19.4 Å². The van der Waals surface area contributed by atoms with E-state index in [2.05, 4.69) is 4.90 Å². The van der Waals surface area contributed by atoms with E-state index < -0.39 is 5.97 Å². The number of hydrogen-bond donors (Lipinski definition) is 2. The van der Waals surface area contributed by atoms with Gasteiger partial charge in [-0.05, 0) is 37.9 Å². The van der Waals surface area contributed by atoms with Gasteiger partial charge in [-0.15, -0.1) is 0 Å². The number of piperidine rings is 1. The number of carboxylic acids is 1. The molecule has 0 unspecified atom stereocenters. The van der Waals surface area contributed by atoms with E-state index in [1.54, 1.807) is 6.07 Å². The molecule has 1 atom stereocenters. The van der Waals surface area contributed by atoms with Gasteiger partial charge in [-0.2, -0.15) is 0 Å². The molecule has 0 radical (unpaired) electrons. The number of rotatable bonds is 5. The minimum atomic E-state index is -1.04. The number of carboxylic acid groups (broad SMARTS) is 1. The van der Waals surface area contributed by atoms with Crippen molar-refractivity contribution in [1.82, 2.24) is 4.90 Å². The predicted octanol–water partition coefficient (Wildman–Crippen LogP) is 1.71. The highest BCUT2D eigenvalue weighted by Gasteiger charge is 2.23. The maximum atomic E-state index is 10.7. The van der Waals surface area contributed by atoms with Gasteiger partial charge in [0.1, 0.15) is 5.76 Å². The smallest absolute Gasteiger partial charge is 0.371 e. The standard InChI is InChI=1S/C13H19NO4/c15-8-6-10-3-1-2-7-14(10)9-11-4-5-12(18-11)13(16)17/h4-5,10,15H,1-3,6-9H2,(H,16,17)/t10-/m0/s1. The first-order chi connectivity index (χ1) is 8.70. The second-order valence-electron chi connectivity index (χ2n) is 4.70. The van der Waals surface area contributed by atoms with Crippen LogP contribution in [0.3, 0.4) is 0 Å². The van der Waals surface area contributed by atoms with Gasteiger partial charge in [0.2, 0.25) is 5.76 Å². The van der Waals surface area contributed by atoms with Gasteiger partial charge in [-0.3, -0.25) is 4.90 Å². The molecule has 0 saturated carbocycles. The number of furan rings is 1. The minimum Gasteiger partial charge on any atom is -0.475 e. The van der Waals surface area contributed by atoms with Crippen LogP contribution in [0, 0.1) is 0 Å². The van der Waals surface area contributed by atoms with Crippen LogP contribution < -0.4 is 0 Å². The molecule has 1 aliphatic heterocycles.